The summed E-state index contributed by atoms with van der Waals surface area (Å²) in [5.74, 6) is -3.93. The monoisotopic (exact) mass is 735 g/mol. The summed E-state index contributed by atoms with van der Waals surface area (Å²) in [4.78, 5) is 31.1. The Morgan fingerprint density at radius 1 is 0.963 bits per heavy atom. The Morgan fingerprint density at radius 2 is 1.74 bits per heavy atom. The Bertz CT molecular complexity index is 2140. The fraction of sp³-hybridized carbons (Fsp3) is 0.333. The molecule has 280 valence electrons. The second kappa shape index (κ2) is 15.9. The zero-order chi connectivity index (χ0) is 37.9. The molecule has 10 nitrogen and oxygen atoms in total. The Balaban J connectivity index is 0.000000178. The molecule has 1 amide bonds. The molecular formula is C42H43F2N5O5. The van der Waals surface area contributed by atoms with Gasteiger partial charge in [-0.25, -0.2) is 8.78 Å². The van der Waals surface area contributed by atoms with Gasteiger partial charge in [0.05, 0.1) is 17.6 Å². The lowest BCUT2D eigenvalue weighted by Crippen LogP contribution is -2.58. The van der Waals surface area contributed by atoms with Crippen LogP contribution in [0.3, 0.4) is 0 Å². The summed E-state index contributed by atoms with van der Waals surface area (Å²) in [6.07, 6.45) is 6.21. The Labute approximate surface area is 312 Å². The summed E-state index contributed by atoms with van der Waals surface area (Å²) in [6, 6.07) is 22.5. The van der Waals surface area contributed by atoms with Gasteiger partial charge in [-0.3, -0.25) is 19.5 Å². The number of aromatic nitrogens is 2. The molecule has 0 spiro atoms. The maximum atomic E-state index is 14.0. The number of anilines is 1. The highest BCUT2D eigenvalue weighted by Gasteiger charge is 2.40. The molecule has 0 radical (unpaired) electrons. The van der Waals surface area contributed by atoms with E-state index in [1.807, 2.05) is 23.2 Å². The second-order valence-electron chi connectivity index (χ2n) is 14.3. The number of amides is 1. The Hall–Kier alpha value is -5.46. The van der Waals surface area contributed by atoms with Crippen LogP contribution in [0, 0.1) is 17.6 Å². The van der Waals surface area contributed by atoms with Gasteiger partial charge in [0.25, 0.3) is 5.91 Å². The maximum absolute atomic E-state index is 14.0. The van der Waals surface area contributed by atoms with Crippen molar-refractivity contribution in [2.45, 2.75) is 69.6 Å². The minimum atomic E-state index is -1.03. The van der Waals surface area contributed by atoms with Gasteiger partial charge in [0, 0.05) is 67.2 Å². The van der Waals surface area contributed by atoms with Crippen molar-refractivity contribution in [2.75, 3.05) is 18.8 Å². The lowest BCUT2D eigenvalue weighted by atomic mass is 9.86. The molecular weight excluding hydrogens is 692 g/mol. The van der Waals surface area contributed by atoms with Crippen molar-refractivity contribution in [3.05, 3.63) is 125 Å². The molecule has 0 unspecified atom stereocenters. The smallest absolute Gasteiger partial charge is 0.309 e. The number of aliphatic hydroxyl groups excluding tert-OH is 1. The lowest BCUT2D eigenvalue weighted by Gasteiger charge is -2.43. The number of carbonyl (C=O) groups is 2. The number of nitrogens with two attached hydrogens (primary N) is 1. The predicted octanol–water partition coefficient (Wildman–Crippen LogP) is 6.82. The van der Waals surface area contributed by atoms with Crippen LogP contribution in [0.4, 0.5) is 14.5 Å². The van der Waals surface area contributed by atoms with Gasteiger partial charge in [0.2, 0.25) is 0 Å². The van der Waals surface area contributed by atoms with Gasteiger partial charge in [-0.2, -0.15) is 0 Å². The molecule has 54 heavy (non-hydrogen) atoms. The standard InChI is InChI=1S/C22H25F2N3O5.C20H18N2/c23-12-5-6-13(15(24)9-12)20-10-17(26-32-20)21(29)25-16-7-8-27(11-14(16)22(30)31)18-3-1-2-4-19(18)28;1-13(19-8-4-5-11-22-19)15-9-10-17-16-7-3-2-6-14(16)12-18(17)20(15)21/h5-6,9-10,14,16,18-19,28H,1-4,7-8,11H2,(H,25,29)(H,30,31);2-11,13H,12,21H2,1H3/t14-,16-,18-,19+;13-/m11/s1. The van der Waals surface area contributed by atoms with E-state index in [0.29, 0.717) is 25.5 Å². The lowest BCUT2D eigenvalue weighted by molar-refractivity contribution is -0.145. The first-order valence-electron chi connectivity index (χ1n) is 18.4. The predicted molar refractivity (Wildman–Crippen MR) is 200 cm³/mol. The van der Waals surface area contributed by atoms with Crippen LogP contribution in [0.1, 0.15) is 77.8 Å². The zero-order valence-electron chi connectivity index (χ0n) is 29.9. The molecule has 3 aliphatic rings. The molecule has 5 atom stereocenters. The minimum absolute atomic E-state index is 0.0384. The molecule has 2 fully saturated rings. The molecule has 2 aromatic heterocycles. The largest absolute Gasteiger partial charge is 0.481 e. The number of aliphatic hydroxyl groups is 1. The van der Waals surface area contributed by atoms with E-state index >= 15 is 0 Å². The molecule has 2 aliphatic carbocycles. The van der Waals surface area contributed by atoms with Crippen LogP contribution in [0.5, 0.6) is 0 Å². The Morgan fingerprint density at radius 3 is 2.50 bits per heavy atom. The number of pyridine rings is 1. The first kappa shape index (κ1) is 36.9. The summed E-state index contributed by atoms with van der Waals surface area (Å²) >= 11 is 0. The number of hydrogen-bond donors (Lipinski definition) is 4. The van der Waals surface area contributed by atoms with E-state index in [0.717, 1.165) is 43.1 Å². The number of nitrogens with one attached hydrogen (secondary N) is 1. The molecule has 3 heterocycles. The molecule has 0 bridgehead atoms. The zero-order valence-corrected chi connectivity index (χ0v) is 29.9. The maximum Gasteiger partial charge on any atom is 0.309 e. The third-order valence-electron chi connectivity index (χ3n) is 11.0. The highest BCUT2D eigenvalue weighted by molar-refractivity contribution is 5.93. The van der Waals surface area contributed by atoms with E-state index in [9.17, 15) is 28.6 Å². The third kappa shape index (κ3) is 7.62. The summed E-state index contributed by atoms with van der Waals surface area (Å²) < 4.78 is 32.1. The van der Waals surface area contributed by atoms with E-state index < -0.39 is 41.6 Å². The molecule has 12 heteroatoms. The van der Waals surface area contributed by atoms with E-state index in [4.69, 9.17) is 10.3 Å². The van der Waals surface area contributed by atoms with Crippen LogP contribution in [0.15, 0.2) is 89.6 Å². The van der Waals surface area contributed by atoms with Crippen molar-refractivity contribution < 1.29 is 33.1 Å². The van der Waals surface area contributed by atoms with E-state index in [1.165, 1.54) is 39.9 Å². The fourth-order valence-corrected chi connectivity index (χ4v) is 8.08. The third-order valence-corrected chi connectivity index (χ3v) is 11.0. The topological polar surface area (TPSA) is 155 Å². The van der Waals surface area contributed by atoms with Crippen molar-refractivity contribution >= 4 is 17.6 Å². The van der Waals surface area contributed by atoms with Crippen LogP contribution in [0.25, 0.3) is 22.5 Å². The molecule has 1 aliphatic heterocycles. The van der Waals surface area contributed by atoms with Gasteiger partial charge in [0.1, 0.15) is 11.6 Å². The minimum Gasteiger partial charge on any atom is -0.481 e. The molecule has 8 rings (SSSR count). The first-order valence-corrected chi connectivity index (χ1v) is 18.4. The van der Waals surface area contributed by atoms with Gasteiger partial charge in [-0.1, -0.05) is 67.4 Å². The van der Waals surface area contributed by atoms with Gasteiger partial charge < -0.3 is 25.8 Å². The number of carbonyl (C=O) groups excluding carboxylic acids is 1. The normalized spacial score (nSPS) is 21.3. The van der Waals surface area contributed by atoms with Gasteiger partial charge in [0.15, 0.2) is 11.5 Å². The summed E-state index contributed by atoms with van der Waals surface area (Å²) in [5, 5.41) is 26.4. The molecule has 1 saturated heterocycles. The van der Waals surface area contributed by atoms with Crippen molar-refractivity contribution in [3.63, 3.8) is 0 Å². The summed E-state index contributed by atoms with van der Waals surface area (Å²) in [7, 11) is 0. The van der Waals surface area contributed by atoms with Crippen LogP contribution >= 0.6 is 0 Å². The number of fused-ring (bicyclic) bond motifs is 3. The first-order chi connectivity index (χ1) is 26.1. The number of rotatable bonds is 7. The van der Waals surface area contributed by atoms with Crippen molar-refractivity contribution in [3.8, 4) is 22.5 Å². The fourth-order valence-electron chi connectivity index (χ4n) is 8.08. The summed E-state index contributed by atoms with van der Waals surface area (Å²) in [5.41, 5.74) is 14.7. The van der Waals surface area contributed by atoms with E-state index in [2.05, 4.69) is 64.8 Å². The number of carboxylic acid groups (broad SMARTS) is 1. The van der Waals surface area contributed by atoms with Crippen LogP contribution in [-0.2, 0) is 11.2 Å². The number of nitrogen functional groups attached to an aromatic ring is 1. The molecule has 5 N–H and O–H groups in total. The quantitative estimate of drug-likeness (QED) is 0.129. The van der Waals surface area contributed by atoms with Crippen LogP contribution < -0.4 is 11.1 Å². The molecule has 3 aromatic carbocycles. The second-order valence-corrected chi connectivity index (χ2v) is 14.3. The number of benzene rings is 3. The number of likely N-dealkylation sites (tertiary alicyclic amines) is 1. The molecule has 1 saturated carbocycles. The highest BCUT2D eigenvalue weighted by Crippen LogP contribution is 2.42. The van der Waals surface area contributed by atoms with Gasteiger partial charge in [-0.05, 0) is 71.3 Å². The van der Waals surface area contributed by atoms with Gasteiger partial charge >= 0.3 is 5.97 Å². The van der Waals surface area contributed by atoms with Crippen molar-refractivity contribution in [2.24, 2.45) is 5.92 Å². The number of nitrogens with zero attached hydrogens (tertiary/aromatic N) is 3. The number of aliphatic carboxylic acids is 1. The van der Waals surface area contributed by atoms with Crippen LogP contribution in [0.2, 0.25) is 0 Å². The average molecular weight is 736 g/mol. The average Bonchev–Trinajstić information content (AvgIpc) is 3.82. The van der Waals surface area contributed by atoms with Gasteiger partial charge in [-0.15, -0.1) is 0 Å². The summed E-state index contributed by atoms with van der Waals surface area (Å²) in [6.45, 7) is 2.96. The molecule has 5 aromatic rings. The van der Waals surface area contributed by atoms with E-state index in [-0.39, 0.29) is 35.5 Å². The van der Waals surface area contributed by atoms with E-state index in [1.54, 1.807) is 0 Å². The number of hydrogen-bond acceptors (Lipinski definition) is 8. The highest BCUT2D eigenvalue weighted by atomic mass is 19.1. The number of piperidine rings is 1. The number of halogens is 2. The van der Waals surface area contributed by atoms with Crippen molar-refractivity contribution in [1.29, 1.82) is 0 Å². The Kier molecular flexibility index (Phi) is 10.8. The van der Waals surface area contributed by atoms with Crippen molar-refractivity contribution in [1.82, 2.24) is 20.4 Å². The van der Waals surface area contributed by atoms with Crippen LogP contribution in [-0.4, -0.2) is 68.4 Å². The number of carboxylic acids is 1. The SMILES string of the molecule is C[C@@H](c1ccccn1)c1ccc2c(c1N)Cc1ccccc1-2.O=C(N[C@@H]1CCN([C@@H]2CCCC[C@@H]2O)C[C@H]1C(=O)O)c1cc(-c2ccc(F)cc2F)on1.